The Bertz CT molecular complexity index is 414. The van der Waals surface area contributed by atoms with Crippen LogP contribution in [-0.2, 0) is 4.79 Å². The van der Waals surface area contributed by atoms with Crippen LogP contribution in [0.25, 0.3) is 0 Å². The topological polar surface area (TPSA) is 37.4 Å². The van der Waals surface area contributed by atoms with Crippen molar-refractivity contribution in [1.82, 2.24) is 0 Å². The number of halogens is 1. The minimum absolute atomic E-state index is 0.0810. The van der Waals surface area contributed by atoms with E-state index >= 15 is 0 Å². The van der Waals surface area contributed by atoms with Crippen molar-refractivity contribution in [3.05, 3.63) is 29.6 Å². The van der Waals surface area contributed by atoms with Gasteiger partial charge in [0.05, 0.1) is 11.3 Å². The highest BCUT2D eigenvalue weighted by atomic mass is 19.1. The molecule has 0 aliphatic carbocycles. The number of nitrogens with zero attached hydrogens (tertiary/aromatic N) is 1. The number of carbonyl (C=O) groups is 2. The molecule has 0 aromatic heterocycles. The van der Waals surface area contributed by atoms with Crippen LogP contribution in [0.15, 0.2) is 18.2 Å². The van der Waals surface area contributed by atoms with Gasteiger partial charge in [0.2, 0.25) is 0 Å². The highest BCUT2D eigenvalue weighted by Crippen LogP contribution is 2.29. The van der Waals surface area contributed by atoms with E-state index in [-0.39, 0.29) is 11.3 Å². The number of hydrogen-bond donors (Lipinski definition) is 0. The van der Waals surface area contributed by atoms with Crippen LogP contribution in [0, 0.1) is 5.82 Å². The van der Waals surface area contributed by atoms with Crippen molar-refractivity contribution in [2.45, 2.75) is 0 Å². The number of para-hydroxylation sites is 1. The number of carbonyl (C=O) groups excluding carboxylic acids is 2. The molecule has 0 N–H and O–H groups in total. The molecule has 66 valence electrons. The summed E-state index contributed by atoms with van der Waals surface area (Å²) < 4.78 is 13.1. The van der Waals surface area contributed by atoms with Gasteiger partial charge >= 0.3 is 0 Å². The second-order valence-corrected chi connectivity index (χ2v) is 2.83. The molecule has 2 rings (SSSR count). The number of ketones is 1. The number of hydrogen-bond acceptors (Lipinski definition) is 2. The smallest absolute Gasteiger partial charge is 0.299 e. The van der Waals surface area contributed by atoms with E-state index < -0.39 is 17.5 Å². The SMILES string of the molecule is CN1C(=O)C(=O)c2cccc(F)c21. The number of Topliss-reactive ketones (excluding diaryl/α,β-unsaturated/α-hetero) is 1. The highest BCUT2D eigenvalue weighted by molar-refractivity contribution is 6.52. The van der Waals surface area contributed by atoms with Crippen LogP contribution in [0.5, 0.6) is 0 Å². The standard InChI is InChI=1S/C9H6FNO2/c1-11-7-5(8(12)9(11)13)3-2-4-6(7)10/h2-4H,1H3. The van der Waals surface area contributed by atoms with Crippen LogP contribution in [0.1, 0.15) is 10.4 Å². The molecule has 0 fully saturated rings. The predicted octanol–water partition coefficient (Wildman–Crippen LogP) is 0.985. The molecule has 0 saturated carbocycles. The Labute approximate surface area is 73.8 Å². The Morgan fingerprint density at radius 3 is 2.62 bits per heavy atom. The van der Waals surface area contributed by atoms with Crippen LogP contribution in [0.4, 0.5) is 10.1 Å². The Balaban J connectivity index is 2.73. The Kier molecular flexibility index (Phi) is 1.45. The van der Waals surface area contributed by atoms with Gasteiger partial charge in [-0.2, -0.15) is 0 Å². The van der Waals surface area contributed by atoms with E-state index in [0.29, 0.717) is 0 Å². The summed E-state index contributed by atoms with van der Waals surface area (Å²) in [6.07, 6.45) is 0. The van der Waals surface area contributed by atoms with Gasteiger partial charge in [-0.1, -0.05) is 6.07 Å². The zero-order valence-corrected chi connectivity index (χ0v) is 6.87. The molecule has 1 aromatic carbocycles. The number of benzene rings is 1. The maximum absolute atomic E-state index is 13.1. The second-order valence-electron chi connectivity index (χ2n) is 2.83. The van der Waals surface area contributed by atoms with E-state index in [1.165, 1.54) is 25.2 Å². The quantitative estimate of drug-likeness (QED) is 0.557. The maximum Gasteiger partial charge on any atom is 0.299 e. The summed E-state index contributed by atoms with van der Waals surface area (Å²) in [5.41, 5.74) is 0.227. The van der Waals surface area contributed by atoms with Gasteiger partial charge < -0.3 is 4.90 Å². The number of fused-ring (bicyclic) bond motifs is 1. The Morgan fingerprint density at radius 2 is 2.00 bits per heavy atom. The summed E-state index contributed by atoms with van der Waals surface area (Å²) in [5.74, 6) is -1.86. The molecular formula is C9H6FNO2. The van der Waals surface area contributed by atoms with Gasteiger partial charge in [-0.3, -0.25) is 9.59 Å². The van der Waals surface area contributed by atoms with E-state index in [9.17, 15) is 14.0 Å². The van der Waals surface area contributed by atoms with Crippen molar-refractivity contribution in [2.24, 2.45) is 0 Å². The third-order valence-electron chi connectivity index (χ3n) is 2.07. The summed E-state index contributed by atoms with van der Waals surface area (Å²) >= 11 is 0. The molecule has 13 heavy (non-hydrogen) atoms. The molecule has 0 unspecified atom stereocenters. The molecule has 0 spiro atoms. The van der Waals surface area contributed by atoms with Crippen molar-refractivity contribution in [2.75, 3.05) is 11.9 Å². The van der Waals surface area contributed by atoms with Crippen molar-refractivity contribution in [1.29, 1.82) is 0 Å². The number of amides is 1. The molecule has 0 atom stereocenters. The molecule has 1 aliphatic rings. The monoisotopic (exact) mass is 179 g/mol. The first-order valence-electron chi connectivity index (χ1n) is 3.74. The molecule has 4 heteroatoms. The summed E-state index contributed by atoms with van der Waals surface area (Å²) in [4.78, 5) is 23.4. The van der Waals surface area contributed by atoms with Crippen LogP contribution < -0.4 is 4.90 Å². The van der Waals surface area contributed by atoms with Crippen molar-refractivity contribution >= 4 is 17.4 Å². The second kappa shape index (κ2) is 2.39. The Morgan fingerprint density at radius 1 is 1.31 bits per heavy atom. The van der Waals surface area contributed by atoms with Crippen LogP contribution >= 0.6 is 0 Å². The van der Waals surface area contributed by atoms with Gasteiger partial charge in [-0.25, -0.2) is 4.39 Å². The molecule has 0 saturated heterocycles. The lowest BCUT2D eigenvalue weighted by molar-refractivity contribution is -0.114. The third-order valence-corrected chi connectivity index (χ3v) is 2.07. The van der Waals surface area contributed by atoms with Crippen LogP contribution in [0.3, 0.4) is 0 Å². The average molecular weight is 179 g/mol. The fourth-order valence-corrected chi connectivity index (χ4v) is 1.41. The minimum Gasteiger partial charge on any atom is -0.305 e. The van der Waals surface area contributed by atoms with Gasteiger partial charge in [-0.05, 0) is 12.1 Å². The van der Waals surface area contributed by atoms with Gasteiger partial charge in [-0.15, -0.1) is 0 Å². The maximum atomic E-state index is 13.1. The fraction of sp³-hybridized carbons (Fsp3) is 0.111. The van der Waals surface area contributed by atoms with Crippen molar-refractivity contribution < 1.29 is 14.0 Å². The highest BCUT2D eigenvalue weighted by Gasteiger charge is 2.35. The summed E-state index contributed by atoms with van der Waals surface area (Å²) in [6.45, 7) is 0. The number of anilines is 1. The van der Waals surface area contributed by atoms with Crippen molar-refractivity contribution in [3.63, 3.8) is 0 Å². The zero-order valence-electron chi connectivity index (χ0n) is 6.87. The molecule has 0 bridgehead atoms. The predicted molar refractivity (Wildman–Crippen MR) is 44.1 cm³/mol. The molecule has 3 nitrogen and oxygen atoms in total. The minimum atomic E-state index is -0.680. The van der Waals surface area contributed by atoms with E-state index in [4.69, 9.17) is 0 Å². The largest absolute Gasteiger partial charge is 0.305 e. The summed E-state index contributed by atoms with van der Waals surface area (Å²) in [6, 6.07) is 4.09. The number of rotatable bonds is 0. The van der Waals surface area contributed by atoms with Gasteiger partial charge in [0.1, 0.15) is 5.82 Å². The van der Waals surface area contributed by atoms with E-state index in [1.54, 1.807) is 0 Å². The van der Waals surface area contributed by atoms with Crippen LogP contribution in [0.2, 0.25) is 0 Å². The zero-order chi connectivity index (χ0) is 9.59. The van der Waals surface area contributed by atoms with Gasteiger partial charge in [0.25, 0.3) is 11.7 Å². The Hall–Kier alpha value is -1.71. The third kappa shape index (κ3) is 0.884. The lowest BCUT2D eigenvalue weighted by atomic mass is 10.1. The fourth-order valence-electron chi connectivity index (χ4n) is 1.41. The normalized spacial score (nSPS) is 15.1. The van der Waals surface area contributed by atoms with E-state index in [1.807, 2.05) is 0 Å². The summed E-state index contributed by atoms with van der Waals surface area (Å²) in [5, 5.41) is 0. The molecule has 1 aromatic rings. The number of likely N-dealkylation sites (N-methyl/N-ethyl adjacent to an activating group) is 1. The summed E-state index contributed by atoms with van der Waals surface area (Å²) in [7, 11) is 1.38. The molecule has 1 heterocycles. The molecule has 0 radical (unpaired) electrons. The van der Waals surface area contributed by atoms with E-state index in [2.05, 4.69) is 0 Å². The lowest BCUT2D eigenvalue weighted by Gasteiger charge is -2.08. The molecule has 1 aliphatic heterocycles. The first-order valence-corrected chi connectivity index (χ1v) is 3.74. The average Bonchev–Trinajstić information content (AvgIpc) is 2.33. The molecular weight excluding hydrogens is 173 g/mol. The van der Waals surface area contributed by atoms with Gasteiger partial charge in [0, 0.05) is 7.05 Å². The lowest BCUT2D eigenvalue weighted by Crippen LogP contribution is -2.25. The van der Waals surface area contributed by atoms with Crippen LogP contribution in [-0.4, -0.2) is 18.7 Å². The first kappa shape index (κ1) is 7.91. The first-order chi connectivity index (χ1) is 6.13. The van der Waals surface area contributed by atoms with Crippen molar-refractivity contribution in [3.8, 4) is 0 Å². The molecule has 1 amide bonds. The van der Waals surface area contributed by atoms with E-state index in [0.717, 1.165) is 4.90 Å². The van der Waals surface area contributed by atoms with Gasteiger partial charge in [0.15, 0.2) is 0 Å².